The van der Waals surface area contributed by atoms with Gasteiger partial charge in [0.25, 0.3) is 0 Å². The lowest BCUT2D eigenvalue weighted by molar-refractivity contribution is -0.123. The van der Waals surface area contributed by atoms with E-state index in [0.29, 0.717) is 25.6 Å². The molecule has 1 fully saturated rings. The number of fused-ring (bicyclic) bond motifs is 1. The summed E-state index contributed by atoms with van der Waals surface area (Å²) in [5.41, 5.74) is 2.23. The first kappa shape index (κ1) is 18.2. The Morgan fingerprint density at radius 3 is 3.12 bits per heavy atom. The van der Waals surface area contributed by atoms with Gasteiger partial charge in [-0.25, -0.2) is 9.97 Å². The first-order chi connectivity index (χ1) is 12.1. The SMILES string of the molecule is CC(C)CN1CCO[C@H](CNC(=O)CN2CCc3cncnc3C2)C1. The first-order valence-corrected chi connectivity index (χ1v) is 9.21. The summed E-state index contributed by atoms with van der Waals surface area (Å²) in [6, 6.07) is 0. The Bertz CT molecular complexity index is 580. The van der Waals surface area contributed by atoms with Gasteiger partial charge in [0.05, 0.1) is 24.9 Å². The summed E-state index contributed by atoms with van der Waals surface area (Å²) in [7, 11) is 0. The van der Waals surface area contributed by atoms with Gasteiger partial charge in [0.15, 0.2) is 0 Å². The third kappa shape index (κ3) is 5.45. The Morgan fingerprint density at radius 1 is 1.40 bits per heavy atom. The summed E-state index contributed by atoms with van der Waals surface area (Å²) < 4.78 is 5.79. The van der Waals surface area contributed by atoms with Crippen molar-refractivity contribution in [1.29, 1.82) is 0 Å². The van der Waals surface area contributed by atoms with Crippen LogP contribution in [0.5, 0.6) is 0 Å². The molecule has 1 atom stereocenters. The van der Waals surface area contributed by atoms with Crippen LogP contribution < -0.4 is 5.32 Å². The molecule has 1 N–H and O–H groups in total. The molecule has 7 heteroatoms. The maximum Gasteiger partial charge on any atom is 0.234 e. The number of carbonyl (C=O) groups excluding carboxylic acids is 1. The van der Waals surface area contributed by atoms with Gasteiger partial charge in [-0.05, 0) is 17.9 Å². The van der Waals surface area contributed by atoms with Crippen molar-refractivity contribution in [1.82, 2.24) is 25.1 Å². The Hall–Kier alpha value is -1.57. The standard InChI is InChI=1S/C18H29N5O2/c1-14(2)9-23-5-6-25-16(10-23)8-20-18(24)12-22-4-3-15-7-19-13-21-17(15)11-22/h7,13-14,16H,3-6,8-12H2,1-2H3,(H,20,24)/t16-/m1/s1. The zero-order valence-electron chi connectivity index (χ0n) is 15.3. The Balaban J connectivity index is 1.40. The second-order valence-electron chi connectivity index (χ2n) is 7.41. The molecular formula is C18H29N5O2. The van der Waals surface area contributed by atoms with Crippen LogP contribution in [0.25, 0.3) is 0 Å². The highest BCUT2D eigenvalue weighted by Gasteiger charge is 2.23. The summed E-state index contributed by atoms with van der Waals surface area (Å²) in [5, 5.41) is 3.03. The number of hydrogen-bond acceptors (Lipinski definition) is 6. The fourth-order valence-electron chi connectivity index (χ4n) is 3.51. The Kier molecular flexibility index (Phi) is 6.34. The molecule has 138 valence electrons. The van der Waals surface area contributed by atoms with Crippen molar-refractivity contribution >= 4 is 5.91 Å². The highest BCUT2D eigenvalue weighted by atomic mass is 16.5. The van der Waals surface area contributed by atoms with E-state index < -0.39 is 0 Å². The summed E-state index contributed by atoms with van der Waals surface area (Å²) in [5.74, 6) is 0.709. The van der Waals surface area contributed by atoms with E-state index >= 15 is 0 Å². The van der Waals surface area contributed by atoms with Crippen molar-refractivity contribution in [2.75, 3.05) is 45.9 Å². The smallest absolute Gasteiger partial charge is 0.234 e. The van der Waals surface area contributed by atoms with Crippen LogP contribution in [-0.4, -0.2) is 77.7 Å². The number of rotatable bonds is 6. The summed E-state index contributed by atoms with van der Waals surface area (Å²) in [6.07, 6.45) is 4.44. The van der Waals surface area contributed by atoms with Crippen LogP contribution in [0.15, 0.2) is 12.5 Å². The maximum absolute atomic E-state index is 12.3. The molecule has 3 rings (SSSR count). The van der Waals surface area contributed by atoms with Crippen LogP contribution in [0.1, 0.15) is 25.1 Å². The van der Waals surface area contributed by atoms with Gasteiger partial charge in [-0.3, -0.25) is 14.6 Å². The molecule has 1 amide bonds. The van der Waals surface area contributed by atoms with E-state index in [1.807, 2.05) is 6.20 Å². The largest absolute Gasteiger partial charge is 0.374 e. The zero-order chi connectivity index (χ0) is 17.6. The molecule has 2 aliphatic heterocycles. The van der Waals surface area contributed by atoms with Gasteiger partial charge >= 0.3 is 0 Å². The van der Waals surface area contributed by atoms with E-state index in [2.05, 4.69) is 38.9 Å². The lowest BCUT2D eigenvalue weighted by atomic mass is 10.1. The first-order valence-electron chi connectivity index (χ1n) is 9.21. The molecule has 7 nitrogen and oxygen atoms in total. The Morgan fingerprint density at radius 2 is 2.28 bits per heavy atom. The van der Waals surface area contributed by atoms with Gasteiger partial charge in [0.1, 0.15) is 6.33 Å². The van der Waals surface area contributed by atoms with Crippen LogP contribution in [-0.2, 0) is 22.5 Å². The summed E-state index contributed by atoms with van der Waals surface area (Å²) in [6.45, 7) is 10.7. The van der Waals surface area contributed by atoms with Crippen LogP contribution in [0.4, 0.5) is 0 Å². The van der Waals surface area contributed by atoms with E-state index in [0.717, 1.165) is 44.9 Å². The van der Waals surface area contributed by atoms with E-state index in [4.69, 9.17) is 4.74 Å². The number of aromatic nitrogens is 2. The predicted octanol–water partition coefficient (Wildman–Crippen LogP) is 0.308. The number of nitrogens with zero attached hydrogens (tertiary/aromatic N) is 4. The monoisotopic (exact) mass is 347 g/mol. The lowest BCUT2D eigenvalue weighted by Gasteiger charge is -2.34. The zero-order valence-corrected chi connectivity index (χ0v) is 15.3. The molecule has 0 saturated carbocycles. The average Bonchev–Trinajstić information content (AvgIpc) is 2.60. The average molecular weight is 347 g/mol. The fourth-order valence-corrected chi connectivity index (χ4v) is 3.51. The van der Waals surface area contributed by atoms with Crippen LogP contribution in [0.2, 0.25) is 0 Å². The van der Waals surface area contributed by atoms with Crippen molar-refractivity contribution in [3.63, 3.8) is 0 Å². The van der Waals surface area contributed by atoms with Crippen LogP contribution in [0.3, 0.4) is 0 Å². The molecule has 0 radical (unpaired) electrons. The minimum absolute atomic E-state index is 0.0575. The van der Waals surface area contributed by atoms with E-state index in [1.165, 1.54) is 5.56 Å². The molecule has 0 bridgehead atoms. The molecule has 2 aliphatic rings. The van der Waals surface area contributed by atoms with Crippen molar-refractivity contribution < 1.29 is 9.53 Å². The summed E-state index contributed by atoms with van der Waals surface area (Å²) in [4.78, 5) is 25.2. The normalized spacial score (nSPS) is 22.0. The van der Waals surface area contributed by atoms with Gasteiger partial charge < -0.3 is 10.1 Å². The van der Waals surface area contributed by atoms with Gasteiger partial charge in [0, 0.05) is 45.5 Å². The fraction of sp³-hybridized carbons (Fsp3) is 0.722. The minimum atomic E-state index is 0.0575. The van der Waals surface area contributed by atoms with Gasteiger partial charge in [-0.1, -0.05) is 13.8 Å². The molecule has 0 unspecified atom stereocenters. The number of carbonyl (C=O) groups is 1. The minimum Gasteiger partial charge on any atom is -0.374 e. The van der Waals surface area contributed by atoms with Crippen LogP contribution in [0, 0.1) is 5.92 Å². The highest BCUT2D eigenvalue weighted by Crippen LogP contribution is 2.14. The van der Waals surface area contributed by atoms with Crippen LogP contribution >= 0.6 is 0 Å². The molecule has 3 heterocycles. The number of nitrogens with one attached hydrogen (secondary N) is 1. The lowest BCUT2D eigenvalue weighted by Crippen LogP contribution is -2.49. The second-order valence-corrected chi connectivity index (χ2v) is 7.41. The molecule has 0 aliphatic carbocycles. The molecule has 0 spiro atoms. The third-order valence-electron chi connectivity index (χ3n) is 4.69. The Labute approximate surface area is 149 Å². The van der Waals surface area contributed by atoms with Crippen molar-refractivity contribution in [2.24, 2.45) is 5.92 Å². The quantitative estimate of drug-likeness (QED) is 0.799. The number of amides is 1. The van der Waals surface area contributed by atoms with Gasteiger partial charge in [-0.2, -0.15) is 0 Å². The topological polar surface area (TPSA) is 70.6 Å². The van der Waals surface area contributed by atoms with E-state index in [9.17, 15) is 4.79 Å². The highest BCUT2D eigenvalue weighted by molar-refractivity contribution is 5.78. The maximum atomic E-state index is 12.3. The molecule has 1 saturated heterocycles. The third-order valence-corrected chi connectivity index (χ3v) is 4.69. The molecule has 25 heavy (non-hydrogen) atoms. The second kappa shape index (κ2) is 8.69. The molecule has 1 aromatic heterocycles. The van der Waals surface area contributed by atoms with Crippen molar-refractivity contribution in [3.8, 4) is 0 Å². The van der Waals surface area contributed by atoms with Crippen molar-refractivity contribution in [2.45, 2.75) is 32.9 Å². The predicted molar refractivity (Wildman–Crippen MR) is 95.0 cm³/mol. The molecule has 0 aromatic carbocycles. The number of hydrogen-bond donors (Lipinski definition) is 1. The van der Waals surface area contributed by atoms with E-state index in [1.54, 1.807) is 6.33 Å². The van der Waals surface area contributed by atoms with Gasteiger partial charge in [0.2, 0.25) is 5.91 Å². The van der Waals surface area contributed by atoms with Crippen molar-refractivity contribution in [3.05, 3.63) is 23.8 Å². The molecule has 1 aromatic rings. The number of ether oxygens (including phenoxy) is 1. The number of morpholine rings is 1. The van der Waals surface area contributed by atoms with Gasteiger partial charge in [-0.15, -0.1) is 0 Å². The summed E-state index contributed by atoms with van der Waals surface area (Å²) >= 11 is 0. The molecular weight excluding hydrogens is 318 g/mol. The van der Waals surface area contributed by atoms with E-state index in [-0.39, 0.29) is 12.0 Å².